The third-order valence-corrected chi connectivity index (χ3v) is 4.29. The quantitative estimate of drug-likeness (QED) is 0.752. The molecule has 1 aliphatic rings. The SMILES string of the molecule is CC1CCC(SC[C@@H](N)C(=O)O)CC1. The lowest BCUT2D eigenvalue weighted by Gasteiger charge is -2.26. The first-order chi connectivity index (χ1) is 6.59. The van der Waals surface area contributed by atoms with Crippen LogP contribution in [0.3, 0.4) is 0 Å². The zero-order chi connectivity index (χ0) is 10.6. The van der Waals surface area contributed by atoms with Crippen LogP contribution in [0.4, 0.5) is 0 Å². The Balaban J connectivity index is 2.16. The van der Waals surface area contributed by atoms with Crippen LogP contribution in [0, 0.1) is 5.92 Å². The number of carboxylic acids is 1. The van der Waals surface area contributed by atoms with Crippen molar-refractivity contribution in [1.29, 1.82) is 0 Å². The molecule has 1 fully saturated rings. The van der Waals surface area contributed by atoms with Crippen molar-refractivity contribution in [2.45, 2.75) is 43.9 Å². The smallest absolute Gasteiger partial charge is 0.321 e. The molecule has 0 unspecified atom stereocenters. The average molecular weight is 217 g/mol. The van der Waals surface area contributed by atoms with Crippen LogP contribution < -0.4 is 5.73 Å². The average Bonchev–Trinajstić information content (AvgIpc) is 2.16. The highest BCUT2D eigenvalue weighted by atomic mass is 32.2. The Bertz CT molecular complexity index is 191. The summed E-state index contributed by atoms with van der Waals surface area (Å²) in [7, 11) is 0. The summed E-state index contributed by atoms with van der Waals surface area (Å²) in [5.41, 5.74) is 5.44. The first-order valence-electron chi connectivity index (χ1n) is 5.19. The van der Waals surface area contributed by atoms with E-state index in [2.05, 4.69) is 6.92 Å². The minimum absolute atomic E-state index is 0.550. The van der Waals surface area contributed by atoms with Crippen LogP contribution in [-0.4, -0.2) is 28.1 Å². The highest BCUT2D eigenvalue weighted by Gasteiger charge is 2.20. The number of aliphatic carboxylic acids is 1. The van der Waals surface area contributed by atoms with E-state index in [9.17, 15) is 4.79 Å². The third-order valence-electron chi connectivity index (χ3n) is 2.79. The highest BCUT2D eigenvalue weighted by molar-refractivity contribution is 7.99. The molecule has 0 amide bonds. The van der Waals surface area contributed by atoms with Gasteiger partial charge in [0, 0.05) is 11.0 Å². The van der Waals surface area contributed by atoms with E-state index in [-0.39, 0.29) is 0 Å². The molecular formula is C10H19NO2S. The molecule has 1 aliphatic carbocycles. The molecule has 0 aromatic rings. The summed E-state index contributed by atoms with van der Waals surface area (Å²) in [5, 5.41) is 9.25. The third kappa shape index (κ3) is 3.88. The molecule has 1 saturated carbocycles. The molecule has 0 aromatic heterocycles. The first kappa shape index (κ1) is 11.9. The fourth-order valence-electron chi connectivity index (χ4n) is 1.71. The van der Waals surface area contributed by atoms with Gasteiger partial charge in [-0.2, -0.15) is 11.8 Å². The van der Waals surface area contributed by atoms with Gasteiger partial charge in [0.2, 0.25) is 0 Å². The lowest BCUT2D eigenvalue weighted by Crippen LogP contribution is -2.33. The van der Waals surface area contributed by atoms with Crippen molar-refractivity contribution in [3.05, 3.63) is 0 Å². The Labute approximate surface area is 89.4 Å². The van der Waals surface area contributed by atoms with Crippen molar-refractivity contribution in [3.8, 4) is 0 Å². The van der Waals surface area contributed by atoms with Crippen LogP contribution in [0.25, 0.3) is 0 Å². The number of hydrogen-bond acceptors (Lipinski definition) is 3. The number of carboxylic acid groups (broad SMARTS) is 1. The van der Waals surface area contributed by atoms with Gasteiger partial charge in [-0.3, -0.25) is 4.79 Å². The van der Waals surface area contributed by atoms with Crippen molar-refractivity contribution < 1.29 is 9.90 Å². The van der Waals surface area contributed by atoms with E-state index >= 15 is 0 Å². The second kappa shape index (κ2) is 5.61. The van der Waals surface area contributed by atoms with E-state index < -0.39 is 12.0 Å². The van der Waals surface area contributed by atoms with E-state index in [1.807, 2.05) is 0 Å². The number of hydrogen-bond donors (Lipinski definition) is 2. The molecule has 0 spiro atoms. The molecule has 0 heterocycles. The summed E-state index contributed by atoms with van der Waals surface area (Å²) in [5.74, 6) is 0.510. The zero-order valence-electron chi connectivity index (χ0n) is 8.61. The molecule has 1 atom stereocenters. The summed E-state index contributed by atoms with van der Waals surface area (Å²) < 4.78 is 0. The summed E-state index contributed by atoms with van der Waals surface area (Å²) in [6, 6.07) is -0.695. The molecule has 3 nitrogen and oxygen atoms in total. The topological polar surface area (TPSA) is 63.3 Å². The molecule has 1 rings (SSSR count). The molecule has 0 radical (unpaired) electrons. The Morgan fingerprint density at radius 2 is 2.07 bits per heavy atom. The second-order valence-corrected chi connectivity index (χ2v) is 5.49. The molecule has 14 heavy (non-hydrogen) atoms. The maximum absolute atomic E-state index is 10.5. The number of rotatable bonds is 4. The monoisotopic (exact) mass is 217 g/mol. The molecular weight excluding hydrogens is 198 g/mol. The van der Waals surface area contributed by atoms with Crippen LogP contribution >= 0.6 is 11.8 Å². The van der Waals surface area contributed by atoms with Crippen LogP contribution in [0.2, 0.25) is 0 Å². The Morgan fingerprint density at radius 3 is 2.57 bits per heavy atom. The number of carbonyl (C=O) groups is 1. The Hall–Kier alpha value is -0.220. The van der Waals surface area contributed by atoms with Gasteiger partial charge < -0.3 is 10.8 Å². The predicted molar refractivity (Wildman–Crippen MR) is 59.5 cm³/mol. The minimum Gasteiger partial charge on any atom is -0.480 e. The predicted octanol–water partition coefficient (Wildman–Crippen LogP) is 1.71. The van der Waals surface area contributed by atoms with E-state index in [1.54, 1.807) is 11.8 Å². The van der Waals surface area contributed by atoms with Gasteiger partial charge in [-0.15, -0.1) is 0 Å². The summed E-state index contributed by atoms with van der Waals surface area (Å²) >= 11 is 1.73. The highest BCUT2D eigenvalue weighted by Crippen LogP contribution is 2.31. The van der Waals surface area contributed by atoms with Crippen LogP contribution in [-0.2, 0) is 4.79 Å². The number of thioether (sulfide) groups is 1. The second-order valence-electron chi connectivity index (χ2n) is 4.16. The van der Waals surface area contributed by atoms with Gasteiger partial charge in [0.05, 0.1) is 0 Å². The van der Waals surface area contributed by atoms with Gasteiger partial charge in [-0.25, -0.2) is 0 Å². The Morgan fingerprint density at radius 1 is 1.50 bits per heavy atom. The van der Waals surface area contributed by atoms with E-state index in [1.165, 1.54) is 25.7 Å². The van der Waals surface area contributed by atoms with Crippen molar-refractivity contribution in [3.63, 3.8) is 0 Å². The van der Waals surface area contributed by atoms with Crippen LogP contribution in [0.1, 0.15) is 32.6 Å². The Kier molecular flexibility index (Phi) is 4.75. The van der Waals surface area contributed by atoms with Crippen molar-refractivity contribution >= 4 is 17.7 Å². The molecule has 0 bridgehead atoms. The lowest BCUT2D eigenvalue weighted by molar-refractivity contribution is -0.137. The maximum atomic E-state index is 10.5. The summed E-state index contributed by atoms with van der Waals surface area (Å²) in [4.78, 5) is 10.5. The van der Waals surface area contributed by atoms with Gasteiger partial charge in [-0.05, 0) is 31.6 Å². The van der Waals surface area contributed by atoms with E-state index in [4.69, 9.17) is 10.8 Å². The molecule has 0 saturated heterocycles. The standard InChI is InChI=1S/C10H19NO2S/c1-7-2-4-8(5-3-7)14-6-9(11)10(12)13/h7-9H,2-6,11H2,1H3,(H,12,13)/t7?,8?,9-/m1/s1. The molecule has 4 heteroatoms. The van der Waals surface area contributed by atoms with Gasteiger partial charge in [-0.1, -0.05) is 6.92 Å². The minimum atomic E-state index is -0.887. The molecule has 0 aliphatic heterocycles. The summed E-state index contributed by atoms with van der Waals surface area (Å²) in [6.07, 6.45) is 5.00. The fourth-order valence-corrected chi connectivity index (χ4v) is 2.93. The van der Waals surface area contributed by atoms with E-state index in [0.29, 0.717) is 11.0 Å². The molecule has 3 N–H and O–H groups in total. The first-order valence-corrected chi connectivity index (χ1v) is 6.24. The van der Waals surface area contributed by atoms with Crippen molar-refractivity contribution in [1.82, 2.24) is 0 Å². The van der Waals surface area contributed by atoms with Gasteiger partial charge in [0.25, 0.3) is 0 Å². The lowest BCUT2D eigenvalue weighted by atomic mass is 9.91. The maximum Gasteiger partial charge on any atom is 0.321 e. The normalized spacial score (nSPS) is 29.9. The van der Waals surface area contributed by atoms with Crippen LogP contribution in [0.5, 0.6) is 0 Å². The van der Waals surface area contributed by atoms with Crippen LogP contribution in [0.15, 0.2) is 0 Å². The largest absolute Gasteiger partial charge is 0.480 e. The van der Waals surface area contributed by atoms with Gasteiger partial charge in [0.1, 0.15) is 6.04 Å². The van der Waals surface area contributed by atoms with Gasteiger partial charge >= 0.3 is 5.97 Å². The molecule has 82 valence electrons. The van der Waals surface area contributed by atoms with Crippen molar-refractivity contribution in [2.75, 3.05) is 5.75 Å². The zero-order valence-corrected chi connectivity index (χ0v) is 9.43. The summed E-state index contributed by atoms with van der Waals surface area (Å²) in [6.45, 7) is 2.28. The van der Waals surface area contributed by atoms with E-state index in [0.717, 1.165) is 5.92 Å². The van der Waals surface area contributed by atoms with Crippen molar-refractivity contribution in [2.24, 2.45) is 11.7 Å². The fraction of sp³-hybridized carbons (Fsp3) is 0.900. The molecule has 0 aromatic carbocycles. The number of nitrogens with two attached hydrogens (primary N) is 1. The van der Waals surface area contributed by atoms with Gasteiger partial charge in [0.15, 0.2) is 0 Å².